The minimum atomic E-state index is 0.379. The number of hydrogen-bond acceptors (Lipinski definition) is 3. The lowest BCUT2D eigenvalue weighted by molar-refractivity contribution is -0.00743. The Labute approximate surface area is 110 Å². The fraction of sp³-hybridized carbons (Fsp3) is 0.786. The summed E-state index contributed by atoms with van der Waals surface area (Å²) in [7, 11) is 2.21. The van der Waals surface area contributed by atoms with Gasteiger partial charge in [0.2, 0.25) is 0 Å². The van der Waals surface area contributed by atoms with Gasteiger partial charge in [0.25, 0.3) is 0 Å². The monoisotopic (exact) mass is 251 g/mol. The largest absolute Gasteiger partial charge is 0.381 e. The van der Waals surface area contributed by atoms with Gasteiger partial charge in [-0.15, -0.1) is 0 Å². The van der Waals surface area contributed by atoms with E-state index in [1.54, 1.807) is 0 Å². The predicted molar refractivity (Wildman–Crippen MR) is 72.4 cm³/mol. The van der Waals surface area contributed by atoms with E-state index < -0.39 is 0 Å². The number of ether oxygens (including phenoxy) is 1. The molecule has 1 aromatic heterocycles. The van der Waals surface area contributed by atoms with E-state index in [0.717, 1.165) is 39.1 Å². The molecule has 0 aliphatic carbocycles. The highest BCUT2D eigenvalue weighted by Gasteiger charge is 2.36. The Hall–Kier alpha value is -0.870. The van der Waals surface area contributed by atoms with Crippen molar-refractivity contribution in [1.82, 2.24) is 14.7 Å². The smallest absolute Gasteiger partial charge is 0.0524 e. The molecule has 0 aromatic carbocycles. The number of fused-ring (bicyclic) bond motifs is 1. The molecule has 1 fully saturated rings. The molecule has 1 saturated heterocycles. The first-order valence-corrected chi connectivity index (χ1v) is 7.04. The van der Waals surface area contributed by atoms with Crippen molar-refractivity contribution in [3.63, 3.8) is 0 Å². The fourth-order valence-electron chi connectivity index (χ4n) is 3.03. The Kier molecular flexibility index (Phi) is 4.40. The third-order valence-corrected chi connectivity index (χ3v) is 3.88. The maximum atomic E-state index is 5.49. The molecule has 0 amide bonds. The summed E-state index contributed by atoms with van der Waals surface area (Å²) in [6.45, 7) is 9.06. The van der Waals surface area contributed by atoms with Crippen LogP contribution in [0.4, 0.5) is 0 Å². The Morgan fingerprint density at radius 3 is 2.67 bits per heavy atom. The molecule has 0 saturated carbocycles. The highest BCUT2D eigenvalue weighted by atomic mass is 16.5. The average Bonchev–Trinajstić information content (AvgIpc) is 2.74. The lowest BCUT2D eigenvalue weighted by Crippen LogP contribution is -2.40. The van der Waals surface area contributed by atoms with Crippen LogP contribution in [0, 0.1) is 5.41 Å². The summed E-state index contributed by atoms with van der Waals surface area (Å²) in [4.78, 5) is 2.42. The van der Waals surface area contributed by atoms with E-state index in [1.807, 2.05) is 20.0 Å². The zero-order chi connectivity index (χ0) is 13.0. The average molecular weight is 251 g/mol. The zero-order valence-electron chi connectivity index (χ0n) is 11.9. The normalized spacial score (nSPS) is 22.8. The first kappa shape index (κ1) is 13.6. The second kappa shape index (κ2) is 5.85. The Morgan fingerprint density at radius 1 is 1.22 bits per heavy atom. The predicted octanol–water partition coefficient (Wildman–Crippen LogP) is 2.15. The summed E-state index contributed by atoms with van der Waals surface area (Å²) in [5, 5.41) is 4.45. The highest BCUT2D eigenvalue weighted by Crippen LogP contribution is 2.35. The van der Waals surface area contributed by atoms with Gasteiger partial charge < -0.3 is 4.74 Å². The van der Waals surface area contributed by atoms with E-state index >= 15 is 0 Å². The van der Waals surface area contributed by atoms with Crippen LogP contribution in [0.5, 0.6) is 0 Å². The number of aromatic nitrogens is 2. The topological polar surface area (TPSA) is 30.3 Å². The molecular formula is C14H25N3O. The van der Waals surface area contributed by atoms with Gasteiger partial charge in [-0.25, -0.2) is 0 Å². The summed E-state index contributed by atoms with van der Waals surface area (Å²) in [6.07, 6.45) is 4.24. The van der Waals surface area contributed by atoms with Gasteiger partial charge in [0.15, 0.2) is 0 Å². The maximum absolute atomic E-state index is 5.49. The molecule has 0 radical (unpaired) electrons. The van der Waals surface area contributed by atoms with Crippen molar-refractivity contribution in [2.75, 3.05) is 26.8 Å². The standard InChI is InChI=1S/C12H19N3O.C2H6/c1-14-8-11-2-5-13-15(11)10-12(9-14)3-6-16-7-4-12;1-2/h2,5H,3-4,6-10H2,1H3;1-2H3. The zero-order valence-corrected chi connectivity index (χ0v) is 11.9. The van der Waals surface area contributed by atoms with Gasteiger partial charge in [0, 0.05) is 44.5 Å². The molecule has 1 spiro atoms. The van der Waals surface area contributed by atoms with Crippen molar-refractivity contribution in [1.29, 1.82) is 0 Å². The van der Waals surface area contributed by atoms with Crippen molar-refractivity contribution in [3.05, 3.63) is 18.0 Å². The lowest BCUT2D eigenvalue weighted by atomic mass is 9.80. The summed E-state index contributed by atoms with van der Waals surface area (Å²) in [5.74, 6) is 0. The minimum Gasteiger partial charge on any atom is -0.381 e. The van der Waals surface area contributed by atoms with Crippen LogP contribution < -0.4 is 0 Å². The van der Waals surface area contributed by atoms with E-state index in [9.17, 15) is 0 Å². The molecule has 4 heteroatoms. The van der Waals surface area contributed by atoms with Crippen LogP contribution in [0.15, 0.2) is 12.3 Å². The molecular weight excluding hydrogens is 226 g/mol. The summed E-state index contributed by atoms with van der Waals surface area (Å²) in [5.41, 5.74) is 1.72. The van der Waals surface area contributed by atoms with Crippen molar-refractivity contribution in [2.24, 2.45) is 5.41 Å². The molecule has 3 heterocycles. The van der Waals surface area contributed by atoms with Crippen molar-refractivity contribution < 1.29 is 4.74 Å². The van der Waals surface area contributed by atoms with Gasteiger partial charge in [-0.2, -0.15) is 5.10 Å². The van der Waals surface area contributed by atoms with E-state index in [4.69, 9.17) is 4.74 Å². The minimum absolute atomic E-state index is 0.379. The summed E-state index contributed by atoms with van der Waals surface area (Å²) in [6, 6.07) is 2.13. The number of hydrogen-bond donors (Lipinski definition) is 0. The van der Waals surface area contributed by atoms with Gasteiger partial charge in [0.1, 0.15) is 0 Å². The van der Waals surface area contributed by atoms with E-state index in [2.05, 4.69) is 27.8 Å². The van der Waals surface area contributed by atoms with Crippen LogP contribution in [-0.4, -0.2) is 41.5 Å². The van der Waals surface area contributed by atoms with Crippen LogP contribution in [0.1, 0.15) is 32.4 Å². The van der Waals surface area contributed by atoms with Crippen LogP contribution in [-0.2, 0) is 17.8 Å². The maximum Gasteiger partial charge on any atom is 0.0524 e. The quantitative estimate of drug-likeness (QED) is 0.708. The first-order chi connectivity index (χ1) is 8.77. The number of rotatable bonds is 0. The molecule has 2 aliphatic rings. The Bertz CT molecular complexity index is 369. The van der Waals surface area contributed by atoms with Gasteiger partial charge in [-0.3, -0.25) is 9.58 Å². The van der Waals surface area contributed by atoms with E-state index in [1.165, 1.54) is 12.2 Å². The Morgan fingerprint density at radius 2 is 1.94 bits per heavy atom. The third-order valence-electron chi connectivity index (χ3n) is 3.88. The van der Waals surface area contributed by atoms with Crippen LogP contribution in [0.3, 0.4) is 0 Å². The molecule has 0 unspecified atom stereocenters. The molecule has 18 heavy (non-hydrogen) atoms. The molecule has 102 valence electrons. The summed E-state index contributed by atoms with van der Waals surface area (Å²) < 4.78 is 7.68. The van der Waals surface area contributed by atoms with E-state index in [-0.39, 0.29) is 0 Å². The molecule has 2 aliphatic heterocycles. The van der Waals surface area contributed by atoms with Crippen molar-refractivity contribution in [2.45, 2.75) is 39.8 Å². The molecule has 0 bridgehead atoms. The SMILES string of the molecule is CC.CN1Cc2ccnn2CC2(CCOCC2)C1. The van der Waals surface area contributed by atoms with Crippen LogP contribution in [0.2, 0.25) is 0 Å². The van der Waals surface area contributed by atoms with Gasteiger partial charge in [-0.05, 0) is 26.0 Å². The van der Waals surface area contributed by atoms with Gasteiger partial charge >= 0.3 is 0 Å². The molecule has 3 rings (SSSR count). The van der Waals surface area contributed by atoms with E-state index in [0.29, 0.717) is 5.41 Å². The fourth-order valence-corrected chi connectivity index (χ4v) is 3.03. The van der Waals surface area contributed by atoms with Gasteiger partial charge in [0.05, 0.1) is 5.69 Å². The second-order valence-electron chi connectivity index (χ2n) is 5.26. The lowest BCUT2D eigenvalue weighted by Gasteiger charge is -2.38. The first-order valence-electron chi connectivity index (χ1n) is 7.04. The van der Waals surface area contributed by atoms with Gasteiger partial charge in [-0.1, -0.05) is 13.8 Å². The second-order valence-corrected chi connectivity index (χ2v) is 5.26. The van der Waals surface area contributed by atoms with Crippen molar-refractivity contribution >= 4 is 0 Å². The number of nitrogens with zero attached hydrogens (tertiary/aromatic N) is 3. The summed E-state index contributed by atoms with van der Waals surface area (Å²) >= 11 is 0. The molecule has 1 aromatic rings. The van der Waals surface area contributed by atoms with Crippen LogP contribution in [0.25, 0.3) is 0 Å². The van der Waals surface area contributed by atoms with Crippen molar-refractivity contribution in [3.8, 4) is 0 Å². The molecule has 4 nitrogen and oxygen atoms in total. The molecule has 0 atom stereocenters. The Balaban J connectivity index is 0.000000574. The van der Waals surface area contributed by atoms with Crippen LogP contribution >= 0.6 is 0 Å². The molecule has 0 N–H and O–H groups in total. The third kappa shape index (κ3) is 2.75. The highest BCUT2D eigenvalue weighted by molar-refractivity contribution is 5.04.